The first-order valence-electron chi connectivity index (χ1n) is 8.61. The van der Waals surface area contributed by atoms with Crippen LogP contribution in [0.5, 0.6) is 0 Å². The van der Waals surface area contributed by atoms with Crippen molar-refractivity contribution < 1.29 is 24.0 Å². The molecule has 0 radical (unpaired) electrons. The molecule has 0 aromatic carbocycles. The number of rotatable bonds is 4. The fourth-order valence-electron chi connectivity index (χ4n) is 3.07. The minimum absolute atomic E-state index is 0.0693. The van der Waals surface area contributed by atoms with Gasteiger partial charge < -0.3 is 9.80 Å². The summed E-state index contributed by atoms with van der Waals surface area (Å²) in [7, 11) is 0. The Kier molecular flexibility index (Phi) is 5.26. The molecule has 1 aromatic rings. The van der Waals surface area contributed by atoms with Gasteiger partial charge in [0.25, 0.3) is 5.91 Å². The quantitative estimate of drug-likeness (QED) is 0.540. The third-order valence-corrected chi connectivity index (χ3v) is 5.40. The van der Waals surface area contributed by atoms with Gasteiger partial charge in [-0.05, 0) is 25.3 Å². The first kappa shape index (κ1) is 19.0. The number of piperazine rings is 1. The highest BCUT2D eigenvalue weighted by Crippen LogP contribution is 2.17. The van der Waals surface area contributed by atoms with Crippen molar-refractivity contribution in [2.24, 2.45) is 0 Å². The highest BCUT2D eigenvalue weighted by molar-refractivity contribution is 7.12. The van der Waals surface area contributed by atoms with Gasteiger partial charge >= 0.3 is 17.8 Å². The largest absolute Gasteiger partial charge is 0.338 e. The third kappa shape index (κ3) is 3.57. The van der Waals surface area contributed by atoms with Gasteiger partial charge in [0.15, 0.2) is 0 Å². The number of urea groups is 1. The van der Waals surface area contributed by atoms with Gasteiger partial charge in [-0.3, -0.25) is 24.1 Å². The molecule has 0 saturated carbocycles. The molecule has 3 heterocycles. The van der Waals surface area contributed by atoms with Gasteiger partial charge in [-0.2, -0.15) is 0 Å². The predicted molar refractivity (Wildman–Crippen MR) is 95.9 cm³/mol. The number of hydrogen-bond donors (Lipinski definition) is 0. The Balaban J connectivity index is 1.57. The van der Waals surface area contributed by atoms with E-state index < -0.39 is 36.3 Å². The van der Waals surface area contributed by atoms with Crippen molar-refractivity contribution in [2.45, 2.75) is 19.9 Å². The van der Waals surface area contributed by atoms with Crippen molar-refractivity contribution >= 4 is 41.0 Å². The van der Waals surface area contributed by atoms with Crippen LogP contribution in [0.3, 0.4) is 0 Å². The van der Waals surface area contributed by atoms with Crippen LogP contribution < -0.4 is 0 Å². The van der Waals surface area contributed by atoms with Crippen molar-refractivity contribution in [3.63, 3.8) is 0 Å². The van der Waals surface area contributed by atoms with Crippen LogP contribution in [0.25, 0.3) is 0 Å². The minimum Gasteiger partial charge on any atom is -0.338 e. The maximum atomic E-state index is 12.5. The number of amides is 6. The Morgan fingerprint density at radius 2 is 1.67 bits per heavy atom. The van der Waals surface area contributed by atoms with E-state index in [1.54, 1.807) is 24.8 Å². The Morgan fingerprint density at radius 3 is 2.19 bits per heavy atom. The lowest BCUT2D eigenvalue weighted by atomic mass is 10.3. The summed E-state index contributed by atoms with van der Waals surface area (Å²) >= 11 is 1.37. The van der Waals surface area contributed by atoms with Crippen molar-refractivity contribution in [2.75, 3.05) is 32.7 Å². The molecule has 1 aromatic heterocycles. The first-order chi connectivity index (χ1) is 12.8. The van der Waals surface area contributed by atoms with Gasteiger partial charge in [-0.1, -0.05) is 6.07 Å². The van der Waals surface area contributed by atoms with Crippen LogP contribution in [0.2, 0.25) is 0 Å². The molecule has 9 nitrogen and oxygen atoms in total. The smallest absolute Gasteiger partial charge is 0.334 e. The fraction of sp³-hybridized carbons (Fsp3) is 0.471. The van der Waals surface area contributed by atoms with E-state index in [0.29, 0.717) is 36.0 Å². The second-order valence-electron chi connectivity index (χ2n) is 6.59. The van der Waals surface area contributed by atoms with E-state index in [4.69, 9.17) is 0 Å². The second kappa shape index (κ2) is 7.47. The van der Waals surface area contributed by atoms with Crippen LogP contribution >= 0.6 is 11.3 Å². The summed E-state index contributed by atoms with van der Waals surface area (Å²) in [4.78, 5) is 66.3. The molecule has 10 heteroatoms. The van der Waals surface area contributed by atoms with Gasteiger partial charge in [0.1, 0.15) is 6.54 Å². The van der Waals surface area contributed by atoms with E-state index in [2.05, 4.69) is 0 Å². The van der Waals surface area contributed by atoms with Crippen molar-refractivity contribution in [1.29, 1.82) is 0 Å². The van der Waals surface area contributed by atoms with Crippen LogP contribution in [-0.4, -0.2) is 88.0 Å². The van der Waals surface area contributed by atoms with E-state index in [-0.39, 0.29) is 5.91 Å². The van der Waals surface area contributed by atoms with E-state index in [1.165, 1.54) is 16.2 Å². The number of thiophene rings is 1. The average Bonchev–Trinajstić information content (AvgIpc) is 3.25. The highest BCUT2D eigenvalue weighted by atomic mass is 32.1. The maximum absolute atomic E-state index is 12.5. The number of nitrogens with zero attached hydrogens (tertiary/aromatic N) is 4. The average molecular weight is 392 g/mol. The summed E-state index contributed by atoms with van der Waals surface area (Å²) < 4.78 is 0. The molecule has 27 heavy (non-hydrogen) atoms. The molecule has 0 aliphatic carbocycles. The Bertz CT molecular complexity index is 783. The molecule has 0 N–H and O–H groups in total. The summed E-state index contributed by atoms with van der Waals surface area (Å²) in [6.07, 6.45) is 0. The van der Waals surface area contributed by atoms with Gasteiger partial charge in [0, 0.05) is 32.2 Å². The van der Waals surface area contributed by atoms with E-state index in [0.717, 1.165) is 4.90 Å². The summed E-state index contributed by atoms with van der Waals surface area (Å²) in [5, 5.41) is 1.83. The zero-order valence-corrected chi connectivity index (χ0v) is 15.9. The minimum atomic E-state index is -0.978. The zero-order chi connectivity index (χ0) is 19.7. The lowest BCUT2D eigenvalue weighted by Gasteiger charge is -2.35. The summed E-state index contributed by atoms with van der Waals surface area (Å²) in [5.41, 5.74) is 0. The monoisotopic (exact) mass is 392 g/mol. The Hall–Kier alpha value is -2.75. The van der Waals surface area contributed by atoms with Gasteiger partial charge in [0.2, 0.25) is 5.91 Å². The van der Waals surface area contributed by atoms with Crippen LogP contribution in [0.1, 0.15) is 23.5 Å². The van der Waals surface area contributed by atoms with Crippen LogP contribution in [0, 0.1) is 0 Å². The number of hydrogen-bond acceptors (Lipinski definition) is 6. The molecule has 2 saturated heterocycles. The SMILES string of the molecule is CC(C)N1C(=O)C(=O)N(CC(=O)N2CCN(C(=O)c3cccs3)CC2)C1=O. The molecule has 3 rings (SSSR count). The molecular formula is C17H20N4O5S. The van der Waals surface area contributed by atoms with Crippen molar-refractivity contribution in [3.05, 3.63) is 22.4 Å². The summed E-state index contributed by atoms with van der Waals surface area (Å²) in [5.74, 6) is -2.37. The van der Waals surface area contributed by atoms with Crippen LogP contribution in [0.15, 0.2) is 17.5 Å². The molecule has 144 valence electrons. The topological polar surface area (TPSA) is 98.3 Å². The predicted octanol–water partition coefficient (Wildman–Crippen LogP) is 0.232. The lowest BCUT2D eigenvalue weighted by molar-refractivity contribution is -0.145. The Morgan fingerprint density at radius 1 is 1.04 bits per heavy atom. The summed E-state index contributed by atoms with van der Waals surface area (Å²) in [6, 6.07) is 2.34. The first-order valence-corrected chi connectivity index (χ1v) is 9.48. The highest BCUT2D eigenvalue weighted by Gasteiger charge is 2.46. The van der Waals surface area contributed by atoms with E-state index >= 15 is 0 Å². The number of carbonyl (C=O) groups is 5. The van der Waals surface area contributed by atoms with Crippen molar-refractivity contribution in [1.82, 2.24) is 19.6 Å². The molecule has 0 atom stereocenters. The Labute approximate surface area is 160 Å². The fourth-order valence-corrected chi connectivity index (χ4v) is 3.76. The van der Waals surface area contributed by atoms with E-state index in [1.807, 2.05) is 11.4 Å². The lowest BCUT2D eigenvalue weighted by Crippen LogP contribution is -2.53. The zero-order valence-electron chi connectivity index (χ0n) is 15.1. The van der Waals surface area contributed by atoms with Gasteiger partial charge in [-0.15, -0.1) is 11.3 Å². The molecule has 0 spiro atoms. The third-order valence-electron chi connectivity index (χ3n) is 4.55. The molecule has 2 fully saturated rings. The molecule has 2 aliphatic heterocycles. The molecular weight excluding hydrogens is 372 g/mol. The second-order valence-corrected chi connectivity index (χ2v) is 7.54. The van der Waals surface area contributed by atoms with Crippen LogP contribution in [-0.2, 0) is 14.4 Å². The molecule has 0 bridgehead atoms. The molecule has 2 aliphatic rings. The summed E-state index contributed by atoms with van der Waals surface area (Å²) in [6.45, 7) is 4.16. The standard InChI is InChI=1S/C17H20N4O5S/c1-11(2)21-16(25)15(24)20(17(21)26)10-13(22)18-5-7-19(8-6-18)14(23)12-4-3-9-27-12/h3-4,9,11H,5-8,10H2,1-2H3. The molecule has 0 unspecified atom stereocenters. The van der Waals surface area contributed by atoms with Gasteiger partial charge in [-0.25, -0.2) is 9.69 Å². The number of carbonyl (C=O) groups excluding carboxylic acids is 5. The maximum Gasteiger partial charge on any atom is 0.334 e. The van der Waals surface area contributed by atoms with Gasteiger partial charge in [0.05, 0.1) is 4.88 Å². The number of imide groups is 2. The van der Waals surface area contributed by atoms with Crippen LogP contribution in [0.4, 0.5) is 4.79 Å². The van der Waals surface area contributed by atoms with E-state index in [9.17, 15) is 24.0 Å². The molecule has 6 amide bonds. The normalized spacial score (nSPS) is 18.1. The van der Waals surface area contributed by atoms with Crippen molar-refractivity contribution in [3.8, 4) is 0 Å².